The summed E-state index contributed by atoms with van der Waals surface area (Å²) in [6.45, 7) is 0.550. The molecule has 0 unspecified atom stereocenters. The van der Waals surface area contributed by atoms with Gasteiger partial charge in [-0.1, -0.05) is 18.2 Å². The first-order valence-corrected chi connectivity index (χ1v) is 8.19. The van der Waals surface area contributed by atoms with Crippen LogP contribution >= 0.6 is 0 Å². The molecule has 0 radical (unpaired) electrons. The Kier molecular flexibility index (Phi) is 4.10. The Balaban J connectivity index is 1.45. The van der Waals surface area contributed by atoms with Crippen LogP contribution in [0.3, 0.4) is 0 Å². The number of amides is 1. The van der Waals surface area contributed by atoms with Gasteiger partial charge in [0.05, 0.1) is 18.4 Å². The highest BCUT2D eigenvalue weighted by Crippen LogP contribution is 2.17. The van der Waals surface area contributed by atoms with E-state index in [4.69, 9.17) is 4.42 Å². The zero-order chi connectivity index (χ0) is 17.9. The lowest BCUT2D eigenvalue weighted by Gasteiger charge is -2.07. The summed E-state index contributed by atoms with van der Waals surface area (Å²) in [6, 6.07) is 14.2. The van der Waals surface area contributed by atoms with Crippen molar-refractivity contribution in [3.8, 4) is 11.5 Å². The molecule has 1 amide bonds. The number of nitrogens with one attached hydrogen (secondary N) is 2. The summed E-state index contributed by atoms with van der Waals surface area (Å²) >= 11 is 0. The minimum Gasteiger partial charge on any atom is -0.463 e. The SMILES string of the molecule is O=C(NCCn1nc(-c2ccco2)ccc1=O)c1c[nH]c2ccccc12. The molecule has 0 saturated carbocycles. The van der Waals surface area contributed by atoms with Crippen molar-refractivity contribution < 1.29 is 9.21 Å². The molecule has 130 valence electrons. The summed E-state index contributed by atoms with van der Waals surface area (Å²) in [5, 5.41) is 7.96. The minimum absolute atomic E-state index is 0.197. The Morgan fingerprint density at radius 2 is 2.04 bits per heavy atom. The number of carbonyl (C=O) groups excluding carboxylic acids is 1. The largest absolute Gasteiger partial charge is 0.463 e. The van der Waals surface area contributed by atoms with Crippen LogP contribution in [0.4, 0.5) is 0 Å². The molecule has 1 aromatic carbocycles. The zero-order valence-electron chi connectivity index (χ0n) is 13.8. The van der Waals surface area contributed by atoms with Crippen molar-refractivity contribution in [3.05, 3.63) is 76.9 Å². The van der Waals surface area contributed by atoms with Crippen LogP contribution in [0.5, 0.6) is 0 Å². The Bertz CT molecular complexity index is 1110. The van der Waals surface area contributed by atoms with E-state index in [0.29, 0.717) is 17.0 Å². The Morgan fingerprint density at radius 3 is 2.88 bits per heavy atom. The first-order valence-electron chi connectivity index (χ1n) is 8.19. The number of fused-ring (bicyclic) bond motifs is 1. The van der Waals surface area contributed by atoms with Gasteiger partial charge in [0.25, 0.3) is 11.5 Å². The molecule has 26 heavy (non-hydrogen) atoms. The molecule has 3 heterocycles. The van der Waals surface area contributed by atoms with Gasteiger partial charge < -0.3 is 14.7 Å². The van der Waals surface area contributed by atoms with Gasteiger partial charge >= 0.3 is 0 Å². The fourth-order valence-electron chi connectivity index (χ4n) is 2.79. The van der Waals surface area contributed by atoms with Crippen LogP contribution in [0.25, 0.3) is 22.4 Å². The van der Waals surface area contributed by atoms with Gasteiger partial charge in [-0.25, -0.2) is 4.68 Å². The highest BCUT2D eigenvalue weighted by Gasteiger charge is 2.11. The van der Waals surface area contributed by atoms with E-state index in [1.165, 1.54) is 10.7 Å². The van der Waals surface area contributed by atoms with Crippen LogP contribution < -0.4 is 10.9 Å². The molecule has 0 atom stereocenters. The van der Waals surface area contributed by atoms with Crippen molar-refractivity contribution in [2.75, 3.05) is 6.54 Å². The number of benzene rings is 1. The van der Waals surface area contributed by atoms with Crippen molar-refractivity contribution in [1.82, 2.24) is 20.1 Å². The number of rotatable bonds is 5. The summed E-state index contributed by atoms with van der Waals surface area (Å²) in [5.41, 5.74) is 1.81. The topological polar surface area (TPSA) is 92.9 Å². The van der Waals surface area contributed by atoms with E-state index >= 15 is 0 Å². The number of hydrogen-bond acceptors (Lipinski definition) is 4. The maximum Gasteiger partial charge on any atom is 0.266 e. The molecule has 4 aromatic rings. The average molecular weight is 348 g/mol. The predicted molar refractivity (Wildman–Crippen MR) is 96.8 cm³/mol. The first kappa shape index (κ1) is 15.9. The second-order valence-corrected chi connectivity index (χ2v) is 5.76. The Hall–Kier alpha value is -3.61. The average Bonchev–Trinajstić information content (AvgIpc) is 3.33. The lowest BCUT2D eigenvalue weighted by Crippen LogP contribution is -2.31. The number of H-pyrrole nitrogens is 1. The van der Waals surface area contributed by atoms with Crippen LogP contribution in [0.15, 0.2) is 70.2 Å². The van der Waals surface area contributed by atoms with E-state index in [-0.39, 0.29) is 24.6 Å². The molecule has 0 saturated heterocycles. The van der Waals surface area contributed by atoms with Crippen LogP contribution in [0.1, 0.15) is 10.4 Å². The van der Waals surface area contributed by atoms with E-state index in [1.54, 1.807) is 30.7 Å². The third kappa shape index (κ3) is 3.02. The first-order chi connectivity index (χ1) is 12.7. The number of para-hydroxylation sites is 1. The molecular weight excluding hydrogens is 332 g/mol. The number of carbonyl (C=O) groups is 1. The normalized spacial score (nSPS) is 10.9. The van der Waals surface area contributed by atoms with Crippen LogP contribution in [0, 0.1) is 0 Å². The van der Waals surface area contributed by atoms with Crippen molar-refractivity contribution in [1.29, 1.82) is 0 Å². The molecule has 7 heteroatoms. The smallest absolute Gasteiger partial charge is 0.266 e. The maximum atomic E-state index is 12.4. The molecule has 0 fully saturated rings. The summed E-state index contributed by atoms with van der Waals surface area (Å²) < 4.78 is 6.61. The standard InChI is InChI=1S/C19H16N4O3/c24-18-8-7-16(17-6-3-11-26-17)22-23(18)10-9-20-19(25)14-12-21-15-5-2-1-4-13(14)15/h1-8,11-12,21H,9-10H2,(H,20,25). The zero-order valence-corrected chi connectivity index (χ0v) is 13.8. The van der Waals surface area contributed by atoms with Crippen molar-refractivity contribution in [2.45, 2.75) is 6.54 Å². The number of aromatic nitrogens is 3. The maximum absolute atomic E-state index is 12.4. The molecule has 0 spiro atoms. The highest BCUT2D eigenvalue weighted by atomic mass is 16.3. The van der Waals surface area contributed by atoms with Crippen molar-refractivity contribution in [2.24, 2.45) is 0 Å². The molecular formula is C19H16N4O3. The quantitative estimate of drug-likeness (QED) is 0.579. The third-order valence-corrected chi connectivity index (χ3v) is 4.08. The van der Waals surface area contributed by atoms with E-state index in [9.17, 15) is 9.59 Å². The molecule has 3 aromatic heterocycles. The molecule has 2 N–H and O–H groups in total. The van der Waals surface area contributed by atoms with Gasteiger partial charge in [0.1, 0.15) is 5.69 Å². The monoisotopic (exact) mass is 348 g/mol. The van der Waals surface area contributed by atoms with Gasteiger partial charge in [0.15, 0.2) is 5.76 Å². The summed E-state index contributed by atoms with van der Waals surface area (Å²) in [7, 11) is 0. The van der Waals surface area contributed by atoms with Crippen LogP contribution in [0.2, 0.25) is 0 Å². The Labute approximate surface area is 148 Å². The lowest BCUT2D eigenvalue weighted by atomic mass is 10.1. The Morgan fingerprint density at radius 1 is 1.15 bits per heavy atom. The van der Waals surface area contributed by atoms with Gasteiger partial charge in [-0.3, -0.25) is 9.59 Å². The second-order valence-electron chi connectivity index (χ2n) is 5.76. The van der Waals surface area contributed by atoms with Gasteiger partial charge in [0.2, 0.25) is 0 Å². The number of furan rings is 1. The summed E-state index contributed by atoms with van der Waals surface area (Å²) in [6.07, 6.45) is 3.23. The molecule has 0 aliphatic rings. The van der Waals surface area contributed by atoms with E-state index in [1.807, 2.05) is 24.3 Å². The number of nitrogens with zero attached hydrogens (tertiary/aromatic N) is 2. The second kappa shape index (κ2) is 6.72. The van der Waals surface area contributed by atoms with Crippen molar-refractivity contribution >= 4 is 16.8 Å². The van der Waals surface area contributed by atoms with Gasteiger partial charge in [-0.05, 0) is 24.3 Å². The minimum atomic E-state index is -0.235. The highest BCUT2D eigenvalue weighted by molar-refractivity contribution is 6.06. The van der Waals surface area contributed by atoms with Crippen LogP contribution in [-0.4, -0.2) is 27.2 Å². The molecule has 0 aliphatic carbocycles. The summed E-state index contributed by atoms with van der Waals surface area (Å²) in [4.78, 5) is 27.4. The van der Waals surface area contributed by atoms with E-state index < -0.39 is 0 Å². The molecule has 0 aliphatic heterocycles. The summed E-state index contributed by atoms with van der Waals surface area (Å²) in [5.74, 6) is 0.388. The fourth-order valence-corrected chi connectivity index (χ4v) is 2.79. The van der Waals surface area contributed by atoms with Gasteiger partial charge in [0, 0.05) is 29.7 Å². The van der Waals surface area contributed by atoms with Gasteiger partial charge in [-0.15, -0.1) is 0 Å². The van der Waals surface area contributed by atoms with Crippen molar-refractivity contribution in [3.63, 3.8) is 0 Å². The number of aromatic amines is 1. The van der Waals surface area contributed by atoms with Gasteiger partial charge in [-0.2, -0.15) is 5.10 Å². The molecule has 7 nitrogen and oxygen atoms in total. The predicted octanol–water partition coefficient (Wildman–Crippen LogP) is 2.41. The lowest BCUT2D eigenvalue weighted by molar-refractivity contribution is 0.0953. The third-order valence-electron chi connectivity index (χ3n) is 4.08. The van der Waals surface area contributed by atoms with Crippen LogP contribution in [-0.2, 0) is 6.54 Å². The fraction of sp³-hybridized carbons (Fsp3) is 0.105. The van der Waals surface area contributed by atoms with E-state index in [0.717, 1.165) is 10.9 Å². The number of hydrogen-bond donors (Lipinski definition) is 2. The molecule has 4 rings (SSSR count). The molecule has 0 bridgehead atoms. The van der Waals surface area contributed by atoms with E-state index in [2.05, 4.69) is 15.4 Å².